The van der Waals surface area contributed by atoms with Crippen molar-refractivity contribution in [3.05, 3.63) is 53.6 Å². The first-order chi connectivity index (χ1) is 14.0. The lowest BCUT2D eigenvalue weighted by Crippen LogP contribution is -2.56. The molecule has 2 rings (SSSR count). The van der Waals surface area contributed by atoms with Gasteiger partial charge in [-0.25, -0.2) is 0 Å². The fraction of sp³-hybridized carbons (Fsp3) is 0.400. The highest BCUT2D eigenvalue weighted by Crippen LogP contribution is 2.38. The van der Waals surface area contributed by atoms with Crippen LogP contribution in [0.4, 0.5) is 26.3 Å². The summed E-state index contributed by atoms with van der Waals surface area (Å²) in [5.74, 6) is 0. The summed E-state index contributed by atoms with van der Waals surface area (Å²) in [6.45, 7) is 6.27. The van der Waals surface area contributed by atoms with Crippen LogP contribution < -0.4 is 5.19 Å². The van der Waals surface area contributed by atoms with Crippen LogP contribution in [0, 0.1) is 0 Å². The van der Waals surface area contributed by atoms with Crippen LogP contribution in [0.2, 0.25) is 0 Å². The van der Waals surface area contributed by atoms with Crippen molar-refractivity contribution in [1.82, 2.24) is 0 Å². The molecule has 0 fully saturated rings. The Labute approximate surface area is 171 Å². The van der Waals surface area contributed by atoms with Crippen molar-refractivity contribution in [1.29, 1.82) is 0 Å². The predicted molar refractivity (Wildman–Crippen MR) is 102 cm³/mol. The molecule has 2 aromatic rings. The number of hydrogen-bond donors (Lipinski definition) is 0. The molecule has 0 bridgehead atoms. The molecule has 0 unspecified atom stereocenters. The van der Waals surface area contributed by atoms with Crippen molar-refractivity contribution >= 4 is 14.0 Å². The number of benzene rings is 2. The first-order valence-corrected chi connectivity index (χ1v) is 11.0. The van der Waals surface area contributed by atoms with Gasteiger partial charge >= 0.3 is 21.2 Å². The van der Waals surface area contributed by atoms with E-state index in [1.54, 1.807) is 32.9 Å². The van der Waals surface area contributed by atoms with E-state index in [1.807, 2.05) is 0 Å². The molecule has 0 aliphatic rings. The maximum Gasteiger partial charge on any atom is 0.537 e. The minimum absolute atomic E-state index is 0.106. The smallest absolute Gasteiger partial charge is 0.370 e. The second kappa shape index (κ2) is 9.50. The monoisotopic (exact) mass is 452 g/mol. The highest BCUT2D eigenvalue weighted by Gasteiger charge is 2.43. The predicted octanol–water partition coefficient (Wildman–Crippen LogP) is 5.65. The molecule has 0 atom stereocenters. The van der Waals surface area contributed by atoms with Gasteiger partial charge in [0.1, 0.15) is 0 Å². The van der Waals surface area contributed by atoms with Crippen molar-refractivity contribution in [3.63, 3.8) is 0 Å². The molecule has 2 aromatic carbocycles. The van der Waals surface area contributed by atoms with E-state index in [2.05, 4.69) is 0 Å². The molecular weight excluding hydrogens is 430 g/mol. The number of hydrogen-bond acceptors (Lipinski definition) is 3. The van der Waals surface area contributed by atoms with Crippen molar-refractivity contribution < 1.29 is 39.6 Å². The minimum atomic E-state index is -4.91. The molecular formula is C20H22F6O3Si. The molecule has 0 radical (unpaired) electrons. The lowest BCUT2D eigenvalue weighted by molar-refractivity contribution is -0.143. The van der Waals surface area contributed by atoms with E-state index in [1.165, 1.54) is 12.1 Å². The summed E-state index contributed by atoms with van der Waals surface area (Å²) in [7, 11) is -3.24. The first-order valence-electron chi connectivity index (χ1n) is 9.29. The molecule has 0 aliphatic heterocycles. The summed E-state index contributed by atoms with van der Waals surface area (Å²) < 4.78 is 96.0. The second-order valence-corrected chi connectivity index (χ2v) is 8.78. The molecule has 30 heavy (non-hydrogen) atoms. The maximum atomic E-state index is 13.1. The molecule has 0 heterocycles. The Morgan fingerprint density at radius 2 is 1.03 bits per heavy atom. The van der Waals surface area contributed by atoms with Crippen molar-refractivity contribution in [3.8, 4) is 11.1 Å². The van der Waals surface area contributed by atoms with Crippen LogP contribution >= 0.6 is 0 Å². The zero-order valence-corrected chi connectivity index (χ0v) is 17.7. The number of rotatable bonds is 8. The summed E-state index contributed by atoms with van der Waals surface area (Å²) in [6.07, 6.45) is -9.81. The van der Waals surface area contributed by atoms with Gasteiger partial charge in [-0.2, -0.15) is 26.3 Å². The van der Waals surface area contributed by atoms with Gasteiger partial charge in [0.15, 0.2) is 0 Å². The topological polar surface area (TPSA) is 27.7 Å². The normalized spacial score (nSPS) is 13.0. The Bertz CT molecular complexity index is 785. The van der Waals surface area contributed by atoms with Crippen LogP contribution in [0.1, 0.15) is 31.9 Å². The van der Waals surface area contributed by atoms with Gasteiger partial charge in [-0.1, -0.05) is 24.3 Å². The maximum absolute atomic E-state index is 13.1. The van der Waals surface area contributed by atoms with Crippen LogP contribution in [0.5, 0.6) is 0 Å². The van der Waals surface area contributed by atoms with Gasteiger partial charge in [0, 0.05) is 25.0 Å². The van der Waals surface area contributed by atoms with Crippen LogP contribution in [0.15, 0.2) is 42.5 Å². The van der Waals surface area contributed by atoms with E-state index >= 15 is 0 Å². The van der Waals surface area contributed by atoms with E-state index in [0.29, 0.717) is 37.1 Å². The zero-order chi connectivity index (χ0) is 22.6. The van der Waals surface area contributed by atoms with E-state index in [4.69, 9.17) is 13.3 Å². The lowest BCUT2D eigenvalue weighted by Gasteiger charge is -2.28. The number of halogens is 6. The third kappa shape index (κ3) is 5.63. The van der Waals surface area contributed by atoms with E-state index in [-0.39, 0.29) is 17.2 Å². The molecule has 0 spiro atoms. The van der Waals surface area contributed by atoms with Crippen molar-refractivity contribution in [2.24, 2.45) is 0 Å². The second-order valence-electron chi connectivity index (χ2n) is 6.23. The average molecular weight is 452 g/mol. The van der Waals surface area contributed by atoms with Crippen LogP contribution in [0.3, 0.4) is 0 Å². The molecule has 0 saturated heterocycles. The van der Waals surface area contributed by atoms with Crippen LogP contribution in [-0.4, -0.2) is 28.6 Å². The molecule has 0 aliphatic carbocycles. The van der Waals surface area contributed by atoms with E-state index < -0.39 is 32.3 Å². The molecule has 0 N–H and O–H groups in total. The van der Waals surface area contributed by atoms with Gasteiger partial charge in [-0.05, 0) is 50.1 Å². The summed E-state index contributed by atoms with van der Waals surface area (Å²) in [5.41, 5.74) is -2.72. The summed E-state index contributed by atoms with van der Waals surface area (Å²) in [4.78, 5) is 0. The average Bonchev–Trinajstić information content (AvgIpc) is 2.67. The first kappa shape index (κ1) is 24.4. The highest BCUT2D eigenvalue weighted by molar-refractivity contribution is 6.75. The van der Waals surface area contributed by atoms with Gasteiger partial charge in [0.05, 0.1) is 11.1 Å². The van der Waals surface area contributed by atoms with Gasteiger partial charge in [0.25, 0.3) is 0 Å². The molecule has 0 aromatic heterocycles. The Kier molecular flexibility index (Phi) is 7.73. The fourth-order valence-electron chi connectivity index (χ4n) is 2.93. The Morgan fingerprint density at radius 1 is 0.633 bits per heavy atom. The molecule has 10 heteroatoms. The largest absolute Gasteiger partial charge is 0.537 e. The van der Waals surface area contributed by atoms with Crippen molar-refractivity contribution in [2.75, 3.05) is 19.8 Å². The fourth-order valence-corrected chi connectivity index (χ4v) is 5.40. The molecule has 0 saturated carbocycles. The minimum Gasteiger partial charge on any atom is -0.370 e. The summed E-state index contributed by atoms with van der Waals surface area (Å²) >= 11 is 0. The Balaban J connectivity index is 2.53. The van der Waals surface area contributed by atoms with Crippen LogP contribution in [-0.2, 0) is 25.6 Å². The SMILES string of the molecule is CCO[Si](OCC)(OCC)c1ccc(-c2cc(C(F)(F)F)cc(C(F)(F)F)c2)cc1. The zero-order valence-electron chi connectivity index (χ0n) is 16.7. The third-order valence-corrected chi connectivity index (χ3v) is 7.21. The summed E-state index contributed by atoms with van der Waals surface area (Å²) in [6, 6.07) is 7.47. The highest BCUT2D eigenvalue weighted by atomic mass is 28.4. The quantitative estimate of drug-likeness (QED) is 0.383. The van der Waals surface area contributed by atoms with Gasteiger partial charge in [-0.3, -0.25) is 0 Å². The van der Waals surface area contributed by atoms with Crippen LogP contribution in [0.25, 0.3) is 11.1 Å². The standard InChI is InChI=1S/C20H22F6O3Si/c1-4-27-30(28-5-2,29-6-3)18-9-7-14(8-10-18)15-11-16(19(21,22)23)13-17(12-15)20(24,25)26/h7-13H,4-6H2,1-3H3. The van der Waals surface area contributed by atoms with E-state index in [0.717, 1.165) is 0 Å². The molecule has 0 amide bonds. The van der Waals surface area contributed by atoms with Gasteiger partial charge in [-0.15, -0.1) is 0 Å². The Hall–Kier alpha value is -1.88. The van der Waals surface area contributed by atoms with E-state index in [9.17, 15) is 26.3 Å². The van der Waals surface area contributed by atoms with Crippen molar-refractivity contribution in [2.45, 2.75) is 33.1 Å². The molecule has 166 valence electrons. The number of alkyl halides is 6. The summed E-state index contributed by atoms with van der Waals surface area (Å²) in [5, 5.41) is 0.569. The third-order valence-electron chi connectivity index (χ3n) is 4.16. The molecule has 3 nitrogen and oxygen atoms in total. The van der Waals surface area contributed by atoms with Gasteiger partial charge in [0.2, 0.25) is 0 Å². The van der Waals surface area contributed by atoms with Gasteiger partial charge < -0.3 is 13.3 Å². The Morgan fingerprint density at radius 3 is 1.37 bits per heavy atom. The lowest BCUT2D eigenvalue weighted by atomic mass is 9.99.